The van der Waals surface area contributed by atoms with Crippen molar-refractivity contribution in [1.82, 2.24) is 24.1 Å². The summed E-state index contributed by atoms with van der Waals surface area (Å²) in [6.07, 6.45) is 6.71. The number of aromatic nitrogens is 3. The SMILES string of the molecule is Fc1ccc(-c2c(C3CCOCC3)nc([N+]34CCN(CC3)CC4)c3cc4c(cnn4C4CCCCO4)cc23)cc1F. The van der Waals surface area contributed by atoms with Crippen molar-refractivity contribution in [1.29, 1.82) is 0 Å². The second kappa shape index (κ2) is 10.1. The van der Waals surface area contributed by atoms with Crippen LogP contribution in [-0.2, 0) is 9.47 Å². The molecule has 5 fully saturated rings. The summed E-state index contributed by atoms with van der Waals surface area (Å²) >= 11 is 0. The first kappa shape index (κ1) is 25.7. The molecule has 1 unspecified atom stereocenters. The largest absolute Gasteiger partial charge is 0.381 e. The Kier molecular flexibility index (Phi) is 6.32. The standard InChI is InChI=1S/C32H36F2N5O2/c33-26-5-4-22(18-27(26)34)30-24-17-23-20-35-38(29-3-1-2-14-41-29)28(23)19-25(24)32(36-31(30)21-6-15-40-16-7-21)39-11-8-37(9-12-39)10-13-39/h4-5,17-21,29H,1-3,6-16H2/q+1. The van der Waals surface area contributed by atoms with Crippen LogP contribution in [0.15, 0.2) is 36.5 Å². The van der Waals surface area contributed by atoms with Gasteiger partial charge in [-0.2, -0.15) is 10.1 Å². The van der Waals surface area contributed by atoms with Gasteiger partial charge in [0.1, 0.15) is 0 Å². The molecule has 2 bridgehead atoms. The van der Waals surface area contributed by atoms with Gasteiger partial charge in [-0.1, -0.05) is 6.07 Å². The van der Waals surface area contributed by atoms with Gasteiger partial charge >= 0.3 is 0 Å². The van der Waals surface area contributed by atoms with E-state index in [-0.39, 0.29) is 12.1 Å². The summed E-state index contributed by atoms with van der Waals surface area (Å²) < 4.78 is 43.7. The Balaban J connectivity index is 1.43. The molecule has 2 aromatic carbocycles. The predicted molar refractivity (Wildman–Crippen MR) is 155 cm³/mol. The van der Waals surface area contributed by atoms with Crippen LogP contribution in [0.3, 0.4) is 0 Å². The number of nitrogens with zero attached hydrogens (tertiary/aromatic N) is 5. The molecule has 9 rings (SSSR count). The maximum absolute atomic E-state index is 14.7. The number of halogens is 2. The maximum Gasteiger partial charge on any atom is 0.236 e. The number of hydrogen-bond acceptors (Lipinski definition) is 5. The average molecular weight is 561 g/mol. The molecule has 7 heterocycles. The van der Waals surface area contributed by atoms with Crippen molar-refractivity contribution in [3.8, 4) is 11.1 Å². The van der Waals surface area contributed by atoms with E-state index in [2.05, 4.69) is 17.0 Å². The number of quaternary nitrogens is 1. The quantitative estimate of drug-likeness (QED) is 0.297. The summed E-state index contributed by atoms with van der Waals surface area (Å²) in [5, 5.41) is 7.95. The highest BCUT2D eigenvalue weighted by atomic mass is 19.2. The molecule has 4 aromatic rings. The van der Waals surface area contributed by atoms with E-state index in [4.69, 9.17) is 19.6 Å². The number of rotatable bonds is 4. The summed E-state index contributed by atoms with van der Waals surface area (Å²) in [7, 11) is 0. The van der Waals surface area contributed by atoms with Crippen LogP contribution < -0.4 is 4.48 Å². The van der Waals surface area contributed by atoms with Gasteiger partial charge in [-0.15, -0.1) is 0 Å². The number of piperazine rings is 3. The Morgan fingerprint density at radius 2 is 1.66 bits per heavy atom. The minimum absolute atomic E-state index is 0.0761. The zero-order valence-electron chi connectivity index (χ0n) is 23.3. The highest BCUT2D eigenvalue weighted by Gasteiger charge is 2.43. The third kappa shape index (κ3) is 4.28. The van der Waals surface area contributed by atoms with E-state index in [0.29, 0.717) is 18.8 Å². The topological polar surface area (TPSA) is 52.4 Å². The van der Waals surface area contributed by atoms with Crippen LogP contribution in [0.25, 0.3) is 32.8 Å². The molecular weight excluding hydrogens is 524 g/mol. The lowest BCUT2D eigenvalue weighted by Gasteiger charge is -2.49. The molecule has 214 valence electrons. The predicted octanol–water partition coefficient (Wildman–Crippen LogP) is 5.76. The molecule has 0 N–H and O–H groups in total. The van der Waals surface area contributed by atoms with Gasteiger partial charge in [-0.25, -0.2) is 13.5 Å². The van der Waals surface area contributed by atoms with Gasteiger partial charge < -0.3 is 9.47 Å². The van der Waals surface area contributed by atoms with Crippen molar-refractivity contribution >= 4 is 27.5 Å². The summed E-state index contributed by atoms with van der Waals surface area (Å²) in [6.45, 7) is 8.40. The van der Waals surface area contributed by atoms with Crippen molar-refractivity contribution < 1.29 is 18.3 Å². The van der Waals surface area contributed by atoms with E-state index in [9.17, 15) is 8.78 Å². The Morgan fingerprint density at radius 1 is 0.854 bits per heavy atom. The minimum Gasteiger partial charge on any atom is -0.381 e. The first-order valence-electron chi connectivity index (χ1n) is 15.2. The fourth-order valence-corrected chi connectivity index (χ4v) is 7.57. The lowest BCUT2D eigenvalue weighted by molar-refractivity contribution is -0.0366. The number of fused-ring (bicyclic) bond motifs is 5. The van der Waals surface area contributed by atoms with E-state index in [1.165, 1.54) is 12.1 Å². The van der Waals surface area contributed by atoms with Crippen molar-refractivity contribution in [2.75, 3.05) is 59.1 Å². The van der Waals surface area contributed by atoms with Crippen molar-refractivity contribution in [2.45, 2.75) is 44.2 Å². The van der Waals surface area contributed by atoms with Crippen LogP contribution >= 0.6 is 0 Å². The van der Waals surface area contributed by atoms with E-state index in [1.807, 2.05) is 10.9 Å². The Bertz CT molecular complexity index is 1600. The van der Waals surface area contributed by atoms with Crippen molar-refractivity contribution in [3.63, 3.8) is 0 Å². The number of ether oxygens (including phenoxy) is 2. The van der Waals surface area contributed by atoms with Gasteiger partial charge in [-0.05, 0) is 67.3 Å². The third-order valence-electron chi connectivity index (χ3n) is 9.95. The average Bonchev–Trinajstić information content (AvgIpc) is 3.45. The molecule has 7 nitrogen and oxygen atoms in total. The number of benzene rings is 2. The first-order valence-corrected chi connectivity index (χ1v) is 15.2. The second-order valence-electron chi connectivity index (χ2n) is 12.2. The molecule has 5 aliphatic heterocycles. The highest BCUT2D eigenvalue weighted by Crippen LogP contribution is 2.45. The van der Waals surface area contributed by atoms with Crippen LogP contribution in [0.1, 0.15) is 49.9 Å². The lowest BCUT2D eigenvalue weighted by atomic mass is 9.86. The molecule has 0 spiro atoms. The first-order chi connectivity index (χ1) is 20.1. The molecule has 0 amide bonds. The van der Waals surface area contributed by atoms with Gasteiger partial charge in [0.2, 0.25) is 5.82 Å². The van der Waals surface area contributed by atoms with Crippen LogP contribution in [0, 0.1) is 11.6 Å². The van der Waals surface area contributed by atoms with E-state index in [0.717, 1.165) is 121 Å². The zero-order valence-corrected chi connectivity index (χ0v) is 23.3. The Labute approximate surface area is 238 Å². The fraction of sp³-hybridized carbons (Fsp3) is 0.500. The van der Waals surface area contributed by atoms with Crippen LogP contribution in [0.4, 0.5) is 14.6 Å². The molecular formula is C32H36F2N5O2+. The minimum atomic E-state index is -0.838. The monoisotopic (exact) mass is 560 g/mol. The molecule has 2 aromatic heterocycles. The summed E-state index contributed by atoms with van der Waals surface area (Å²) in [6, 6.07) is 8.74. The normalized spacial score (nSPS) is 27.2. The van der Waals surface area contributed by atoms with Crippen molar-refractivity contribution in [2.24, 2.45) is 0 Å². The smallest absolute Gasteiger partial charge is 0.236 e. The summed E-state index contributed by atoms with van der Waals surface area (Å²) in [5.41, 5.74) is 3.60. The van der Waals surface area contributed by atoms with E-state index >= 15 is 0 Å². The van der Waals surface area contributed by atoms with Gasteiger partial charge in [0.05, 0.1) is 42.4 Å². The molecule has 9 heteroatoms. The van der Waals surface area contributed by atoms with E-state index in [1.54, 1.807) is 6.07 Å². The van der Waals surface area contributed by atoms with Crippen molar-refractivity contribution in [3.05, 3.63) is 53.9 Å². The zero-order chi connectivity index (χ0) is 27.6. The van der Waals surface area contributed by atoms with Crippen LogP contribution in [0.5, 0.6) is 0 Å². The summed E-state index contributed by atoms with van der Waals surface area (Å²) in [5.74, 6) is -0.370. The number of hydrogen-bond donors (Lipinski definition) is 0. The third-order valence-corrected chi connectivity index (χ3v) is 9.95. The van der Waals surface area contributed by atoms with Crippen LogP contribution in [0.2, 0.25) is 0 Å². The molecule has 1 atom stereocenters. The molecule has 5 aliphatic rings. The van der Waals surface area contributed by atoms with Crippen LogP contribution in [-0.4, -0.2) is 78.8 Å². The lowest BCUT2D eigenvalue weighted by Crippen LogP contribution is -2.68. The maximum atomic E-state index is 14.7. The van der Waals surface area contributed by atoms with Gasteiger partial charge in [0.25, 0.3) is 0 Å². The molecule has 5 saturated heterocycles. The highest BCUT2D eigenvalue weighted by molar-refractivity contribution is 6.09. The molecule has 0 radical (unpaired) electrons. The Hall–Kier alpha value is -2.98. The summed E-state index contributed by atoms with van der Waals surface area (Å²) in [4.78, 5) is 8.15. The Morgan fingerprint density at radius 3 is 2.39 bits per heavy atom. The van der Waals surface area contributed by atoms with Gasteiger partial charge in [-0.3, -0.25) is 9.38 Å². The van der Waals surface area contributed by atoms with E-state index < -0.39 is 11.6 Å². The molecule has 0 saturated carbocycles. The fourth-order valence-electron chi connectivity index (χ4n) is 7.57. The molecule has 41 heavy (non-hydrogen) atoms. The van der Waals surface area contributed by atoms with Gasteiger partial charge in [0.15, 0.2) is 17.9 Å². The number of pyridine rings is 1. The van der Waals surface area contributed by atoms with Gasteiger partial charge in [0, 0.05) is 56.3 Å². The second-order valence-corrected chi connectivity index (χ2v) is 12.2. The molecule has 0 aliphatic carbocycles.